The van der Waals surface area contributed by atoms with Gasteiger partial charge in [0.1, 0.15) is 0 Å². The number of aliphatic hydroxyl groups is 2. The predicted octanol–water partition coefficient (Wildman–Crippen LogP) is 1.97. The molecule has 4 atom stereocenters. The zero-order chi connectivity index (χ0) is 10.6. The van der Waals surface area contributed by atoms with Gasteiger partial charge in [-0.2, -0.15) is 0 Å². The van der Waals surface area contributed by atoms with Crippen molar-refractivity contribution >= 4 is 0 Å². The van der Waals surface area contributed by atoms with Gasteiger partial charge in [-0.25, -0.2) is 0 Å². The number of allylic oxidation sites excluding steroid dienone is 1. The van der Waals surface area contributed by atoms with Gasteiger partial charge in [-0.05, 0) is 18.3 Å². The highest BCUT2D eigenvalue weighted by Crippen LogP contribution is 2.32. The lowest BCUT2D eigenvalue weighted by Gasteiger charge is -2.34. The average molecular weight is 198 g/mol. The third-order valence-electron chi connectivity index (χ3n) is 3.32. The van der Waals surface area contributed by atoms with E-state index in [0.29, 0.717) is 11.8 Å². The van der Waals surface area contributed by atoms with Crippen molar-refractivity contribution in [2.24, 2.45) is 17.8 Å². The SMILES string of the molecule is CCCC[C@H]1[C@H](O)[C@@H](CO)C=C[C@H]1C. The van der Waals surface area contributed by atoms with Crippen molar-refractivity contribution in [2.45, 2.75) is 39.2 Å². The molecule has 1 aliphatic carbocycles. The summed E-state index contributed by atoms with van der Waals surface area (Å²) in [5.41, 5.74) is 0. The van der Waals surface area contributed by atoms with Crippen molar-refractivity contribution in [1.82, 2.24) is 0 Å². The molecule has 0 fully saturated rings. The molecule has 0 aromatic heterocycles. The fraction of sp³-hybridized carbons (Fsp3) is 0.833. The molecule has 0 saturated heterocycles. The Morgan fingerprint density at radius 3 is 2.57 bits per heavy atom. The largest absolute Gasteiger partial charge is 0.396 e. The van der Waals surface area contributed by atoms with E-state index in [2.05, 4.69) is 19.9 Å². The lowest BCUT2D eigenvalue weighted by molar-refractivity contribution is 0.0170. The van der Waals surface area contributed by atoms with Crippen LogP contribution in [-0.4, -0.2) is 22.9 Å². The van der Waals surface area contributed by atoms with Crippen molar-refractivity contribution in [3.63, 3.8) is 0 Å². The van der Waals surface area contributed by atoms with Gasteiger partial charge < -0.3 is 10.2 Å². The summed E-state index contributed by atoms with van der Waals surface area (Å²) >= 11 is 0. The Bertz CT molecular complexity index is 189. The molecule has 0 aliphatic heterocycles. The Balaban J connectivity index is 2.58. The quantitative estimate of drug-likeness (QED) is 0.678. The molecular weight excluding hydrogens is 176 g/mol. The summed E-state index contributed by atoms with van der Waals surface area (Å²) in [6, 6.07) is 0. The summed E-state index contributed by atoms with van der Waals surface area (Å²) < 4.78 is 0. The molecule has 14 heavy (non-hydrogen) atoms. The summed E-state index contributed by atoms with van der Waals surface area (Å²) in [6.07, 6.45) is 7.14. The third-order valence-corrected chi connectivity index (χ3v) is 3.32. The molecule has 2 nitrogen and oxygen atoms in total. The van der Waals surface area contributed by atoms with E-state index in [-0.39, 0.29) is 18.6 Å². The molecule has 0 radical (unpaired) electrons. The number of unbranched alkanes of at least 4 members (excludes halogenated alkanes) is 1. The first kappa shape index (κ1) is 11.7. The molecule has 0 bridgehead atoms. The maximum Gasteiger partial charge on any atom is 0.0658 e. The van der Waals surface area contributed by atoms with E-state index in [1.807, 2.05) is 6.08 Å². The Kier molecular flexibility index (Phi) is 4.63. The van der Waals surface area contributed by atoms with E-state index in [0.717, 1.165) is 12.8 Å². The highest BCUT2D eigenvalue weighted by atomic mass is 16.3. The predicted molar refractivity (Wildman–Crippen MR) is 57.9 cm³/mol. The van der Waals surface area contributed by atoms with E-state index in [1.54, 1.807) is 0 Å². The van der Waals surface area contributed by atoms with E-state index in [4.69, 9.17) is 5.11 Å². The second-order valence-corrected chi connectivity index (χ2v) is 4.39. The standard InChI is InChI=1S/C12H22O2/c1-3-4-5-11-9(2)6-7-10(8-13)12(11)14/h6-7,9-14H,3-5,8H2,1-2H3/t9-,10-,11-,12-/m1/s1. The van der Waals surface area contributed by atoms with Gasteiger partial charge in [0.15, 0.2) is 0 Å². The smallest absolute Gasteiger partial charge is 0.0658 e. The molecule has 0 heterocycles. The maximum absolute atomic E-state index is 10.0. The molecule has 2 heteroatoms. The van der Waals surface area contributed by atoms with Crippen LogP contribution < -0.4 is 0 Å². The minimum absolute atomic E-state index is 0.0481. The molecule has 82 valence electrons. The van der Waals surface area contributed by atoms with Crippen LogP contribution in [0.4, 0.5) is 0 Å². The van der Waals surface area contributed by atoms with Crippen LogP contribution in [0, 0.1) is 17.8 Å². The summed E-state index contributed by atoms with van der Waals surface area (Å²) in [5.74, 6) is 0.726. The van der Waals surface area contributed by atoms with Gasteiger partial charge in [0.25, 0.3) is 0 Å². The Morgan fingerprint density at radius 1 is 1.29 bits per heavy atom. The molecule has 2 N–H and O–H groups in total. The molecule has 0 aromatic carbocycles. The van der Waals surface area contributed by atoms with Crippen molar-refractivity contribution < 1.29 is 10.2 Å². The lowest BCUT2D eigenvalue weighted by Crippen LogP contribution is -2.36. The molecule has 0 unspecified atom stereocenters. The van der Waals surface area contributed by atoms with Crippen LogP contribution in [0.3, 0.4) is 0 Å². The molecule has 1 aliphatic rings. The summed E-state index contributed by atoms with van der Waals surface area (Å²) in [5, 5.41) is 19.1. The molecule has 0 spiro atoms. The van der Waals surface area contributed by atoms with Crippen molar-refractivity contribution in [2.75, 3.05) is 6.61 Å². The lowest BCUT2D eigenvalue weighted by atomic mass is 9.75. The average Bonchev–Trinajstić information content (AvgIpc) is 2.18. The highest BCUT2D eigenvalue weighted by Gasteiger charge is 2.31. The molecule has 0 aromatic rings. The summed E-state index contributed by atoms with van der Waals surface area (Å²) in [7, 11) is 0. The minimum atomic E-state index is -0.355. The van der Waals surface area contributed by atoms with Gasteiger partial charge in [0, 0.05) is 5.92 Å². The summed E-state index contributed by atoms with van der Waals surface area (Å²) in [6.45, 7) is 4.37. The second-order valence-electron chi connectivity index (χ2n) is 4.39. The summed E-state index contributed by atoms with van der Waals surface area (Å²) in [4.78, 5) is 0. The van der Waals surface area contributed by atoms with Crippen LogP contribution in [0.2, 0.25) is 0 Å². The monoisotopic (exact) mass is 198 g/mol. The molecule has 1 rings (SSSR count). The number of aliphatic hydroxyl groups excluding tert-OH is 2. The van der Waals surface area contributed by atoms with Crippen LogP contribution in [0.5, 0.6) is 0 Å². The zero-order valence-electron chi connectivity index (χ0n) is 9.19. The minimum Gasteiger partial charge on any atom is -0.396 e. The Hall–Kier alpha value is -0.340. The molecule has 0 saturated carbocycles. The van der Waals surface area contributed by atoms with E-state index in [1.165, 1.54) is 6.42 Å². The number of hydrogen-bond acceptors (Lipinski definition) is 2. The van der Waals surface area contributed by atoms with E-state index < -0.39 is 0 Å². The topological polar surface area (TPSA) is 40.5 Å². The van der Waals surface area contributed by atoms with Gasteiger partial charge in [-0.15, -0.1) is 0 Å². The number of rotatable bonds is 4. The first-order chi connectivity index (χ1) is 6.70. The van der Waals surface area contributed by atoms with E-state index in [9.17, 15) is 5.11 Å². The third kappa shape index (κ3) is 2.58. The first-order valence-electron chi connectivity index (χ1n) is 5.68. The van der Waals surface area contributed by atoms with Gasteiger partial charge >= 0.3 is 0 Å². The number of hydrogen-bond donors (Lipinski definition) is 2. The van der Waals surface area contributed by atoms with Crippen molar-refractivity contribution in [3.05, 3.63) is 12.2 Å². The Morgan fingerprint density at radius 2 is 2.00 bits per heavy atom. The van der Waals surface area contributed by atoms with Gasteiger partial charge in [-0.3, -0.25) is 0 Å². The van der Waals surface area contributed by atoms with Crippen LogP contribution >= 0.6 is 0 Å². The highest BCUT2D eigenvalue weighted by molar-refractivity contribution is 5.04. The van der Waals surface area contributed by atoms with Gasteiger partial charge in [0.2, 0.25) is 0 Å². The van der Waals surface area contributed by atoms with Crippen LogP contribution in [0.25, 0.3) is 0 Å². The van der Waals surface area contributed by atoms with Gasteiger partial charge in [-0.1, -0.05) is 38.8 Å². The van der Waals surface area contributed by atoms with Crippen LogP contribution in [-0.2, 0) is 0 Å². The van der Waals surface area contributed by atoms with Crippen molar-refractivity contribution in [1.29, 1.82) is 0 Å². The van der Waals surface area contributed by atoms with Crippen LogP contribution in [0.1, 0.15) is 33.1 Å². The second kappa shape index (κ2) is 5.52. The van der Waals surface area contributed by atoms with Crippen LogP contribution in [0.15, 0.2) is 12.2 Å². The van der Waals surface area contributed by atoms with E-state index >= 15 is 0 Å². The molecular formula is C12H22O2. The van der Waals surface area contributed by atoms with Crippen molar-refractivity contribution in [3.8, 4) is 0 Å². The molecule has 0 amide bonds. The van der Waals surface area contributed by atoms with Gasteiger partial charge in [0.05, 0.1) is 12.7 Å². The zero-order valence-corrected chi connectivity index (χ0v) is 9.19. The fourth-order valence-electron chi connectivity index (χ4n) is 2.25. The Labute approximate surface area is 86.6 Å². The first-order valence-corrected chi connectivity index (χ1v) is 5.68. The maximum atomic E-state index is 10.0. The fourth-order valence-corrected chi connectivity index (χ4v) is 2.25. The normalized spacial score (nSPS) is 37.4.